The third-order valence-corrected chi connectivity index (χ3v) is 8.09. The Morgan fingerprint density at radius 1 is 0.875 bits per heavy atom. The average molecular weight is 606 g/mol. The van der Waals surface area contributed by atoms with E-state index >= 15 is 0 Å². The zero-order chi connectivity index (χ0) is 28.5. The van der Waals surface area contributed by atoms with Gasteiger partial charge >= 0.3 is 0 Å². The van der Waals surface area contributed by atoms with E-state index in [-0.39, 0.29) is 0 Å². The summed E-state index contributed by atoms with van der Waals surface area (Å²) in [7, 11) is 1.73. The molecule has 0 saturated heterocycles. The Morgan fingerprint density at radius 2 is 1.55 bits per heavy atom. The first-order valence-electron chi connectivity index (χ1n) is 13.9. The molecule has 0 unspecified atom stereocenters. The minimum atomic E-state index is 0.343. The molecule has 5 nitrogen and oxygen atoms in total. The second-order valence-corrected chi connectivity index (χ2v) is 11.8. The van der Waals surface area contributed by atoms with E-state index in [1.165, 1.54) is 29.5 Å². The smallest absolute Gasteiger partial charge is 0.156 e. The van der Waals surface area contributed by atoms with Gasteiger partial charge in [0.25, 0.3) is 0 Å². The Morgan fingerprint density at radius 3 is 2.20 bits per heavy atom. The summed E-state index contributed by atoms with van der Waals surface area (Å²) >= 11 is 19.1. The molecule has 0 aliphatic heterocycles. The van der Waals surface area contributed by atoms with Crippen LogP contribution in [0, 0.1) is 12.8 Å². The van der Waals surface area contributed by atoms with Crippen LogP contribution < -0.4 is 15.2 Å². The first kappa shape index (κ1) is 31.0. The summed E-state index contributed by atoms with van der Waals surface area (Å²) in [6.45, 7) is 5.79. The van der Waals surface area contributed by atoms with E-state index in [2.05, 4.69) is 29.2 Å². The molecule has 3 aromatic rings. The molecule has 2 N–H and O–H groups in total. The predicted octanol–water partition coefficient (Wildman–Crippen LogP) is 7.38. The van der Waals surface area contributed by atoms with E-state index in [1.54, 1.807) is 7.11 Å². The van der Waals surface area contributed by atoms with Crippen molar-refractivity contribution >= 4 is 34.8 Å². The van der Waals surface area contributed by atoms with Crippen molar-refractivity contribution in [2.45, 2.75) is 45.2 Å². The van der Waals surface area contributed by atoms with E-state index in [1.807, 2.05) is 37.3 Å². The highest BCUT2D eigenvalue weighted by molar-refractivity contribution is 6.37. The van der Waals surface area contributed by atoms with Crippen LogP contribution in [0.15, 0.2) is 54.6 Å². The molecule has 0 amide bonds. The molecule has 0 heterocycles. The van der Waals surface area contributed by atoms with Crippen LogP contribution in [0.2, 0.25) is 15.1 Å². The Kier molecular flexibility index (Phi) is 11.8. The molecule has 0 radical (unpaired) electrons. The zero-order valence-corrected chi connectivity index (χ0v) is 25.6. The van der Waals surface area contributed by atoms with Crippen molar-refractivity contribution in [3.63, 3.8) is 0 Å². The molecular weight excluding hydrogens is 567 g/mol. The molecule has 0 spiro atoms. The standard InChI is InChI=1S/C32H39Cl3N2O3/c1-22-15-30(34)32(31(35)16-22)40-14-13-39-28-8-3-23(4-9-28)17-25(19-36)20-37(27-6-7-27)21-26-18-24(11-12-38-2)5-10-29(26)33/h3-5,8-10,15-16,18,25,27H,6-7,11-14,17,19-21,36H2,1-2H3/t25-/m1/s1. The molecular formula is C32H39Cl3N2O3. The second kappa shape index (κ2) is 15.3. The van der Waals surface area contributed by atoms with Crippen molar-refractivity contribution in [1.29, 1.82) is 0 Å². The van der Waals surface area contributed by atoms with Crippen LogP contribution in [0.25, 0.3) is 0 Å². The second-order valence-electron chi connectivity index (χ2n) is 10.5. The minimum absolute atomic E-state index is 0.343. The molecule has 3 aromatic carbocycles. The van der Waals surface area contributed by atoms with Crippen LogP contribution in [0.1, 0.15) is 35.1 Å². The fraction of sp³-hybridized carbons (Fsp3) is 0.438. The van der Waals surface area contributed by atoms with E-state index in [0.717, 1.165) is 42.3 Å². The van der Waals surface area contributed by atoms with Gasteiger partial charge in [0.1, 0.15) is 19.0 Å². The number of hydrogen-bond donors (Lipinski definition) is 1. The number of halogens is 3. The van der Waals surface area contributed by atoms with Gasteiger partial charge in [0, 0.05) is 31.3 Å². The first-order chi connectivity index (χ1) is 19.4. The molecule has 8 heteroatoms. The molecule has 0 aromatic heterocycles. The third kappa shape index (κ3) is 9.27. The lowest BCUT2D eigenvalue weighted by atomic mass is 9.98. The molecule has 1 fully saturated rings. The van der Waals surface area contributed by atoms with Crippen LogP contribution in [-0.2, 0) is 24.1 Å². The minimum Gasteiger partial charge on any atom is -0.490 e. The molecule has 216 valence electrons. The van der Waals surface area contributed by atoms with Crippen molar-refractivity contribution in [3.05, 3.63) is 91.9 Å². The number of nitrogens with zero attached hydrogens (tertiary/aromatic N) is 1. The Labute approximate surface area is 253 Å². The normalized spacial score (nSPS) is 14.0. The largest absolute Gasteiger partial charge is 0.490 e. The van der Waals surface area contributed by atoms with Gasteiger partial charge in [-0.05, 0) is 97.7 Å². The van der Waals surface area contributed by atoms with Crippen molar-refractivity contribution in [2.75, 3.05) is 40.0 Å². The average Bonchev–Trinajstić information content (AvgIpc) is 3.78. The lowest BCUT2D eigenvalue weighted by Gasteiger charge is -2.28. The lowest BCUT2D eigenvalue weighted by Crippen LogP contribution is -2.35. The zero-order valence-electron chi connectivity index (χ0n) is 23.3. The maximum atomic E-state index is 6.60. The topological polar surface area (TPSA) is 57.0 Å². The number of rotatable bonds is 16. The highest BCUT2D eigenvalue weighted by Crippen LogP contribution is 2.34. The summed E-state index contributed by atoms with van der Waals surface area (Å²) in [4.78, 5) is 2.56. The maximum absolute atomic E-state index is 6.60. The van der Waals surface area contributed by atoms with Gasteiger partial charge in [0.2, 0.25) is 0 Å². The summed E-state index contributed by atoms with van der Waals surface area (Å²) in [5, 5.41) is 1.83. The summed E-state index contributed by atoms with van der Waals surface area (Å²) in [6, 6.07) is 18.8. The van der Waals surface area contributed by atoms with Gasteiger partial charge in [-0.3, -0.25) is 4.90 Å². The number of aryl methyl sites for hydroxylation is 1. The number of methoxy groups -OCH3 is 1. The van der Waals surface area contributed by atoms with Gasteiger partial charge in [-0.1, -0.05) is 59.1 Å². The molecule has 1 aliphatic rings. The number of benzene rings is 3. The van der Waals surface area contributed by atoms with Crippen LogP contribution in [0.3, 0.4) is 0 Å². The van der Waals surface area contributed by atoms with Gasteiger partial charge in [-0.15, -0.1) is 0 Å². The van der Waals surface area contributed by atoms with Crippen LogP contribution >= 0.6 is 34.8 Å². The Hall–Kier alpha value is -1.99. The summed E-state index contributed by atoms with van der Waals surface area (Å²) < 4.78 is 16.9. The van der Waals surface area contributed by atoms with E-state index < -0.39 is 0 Å². The number of nitrogens with two attached hydrogens (primary N) is 1. The van der Waals surface area contributed by atoms with Crippen LogP contribution in [0.4, 0.5) is 0 Å². The lowest BCUT2D eigenvalue weighted by molar-refractivity contribution is 0.202. The molecule has 40 heavy (non-hydrogen) atoms. The van der Waals surface area contributed by atoms with Crippen LogP contribution in [-0.4, -0.2) is 51.0 Å². The van der Waals surface area contributed by atoms with Gasteiger partial charge in [0.05, 0.1) is 16.7 Å². The third-order valence-electron chi connectivity index (χ3n) is 7.16. The Balaban J connectivity index is 1.28. The maximum Gasteiger partial charge on any atom is 0.156 e. The first-order valence-corrected chi connectivity index (χ1v) is 15.0. The van der Waals surface area contributed by atoms with Gasteiger partial charge in [-0.25, -0.2) is 0 Å². The highest BCUT2D eigenvalue weighted by Gasteiger charge is 2.31. The van der Waals surface area contributed by atoms with Crippen molar-refractivity contribution in [1.82, 2.24) is 4.90 Å². The van der Waals surface area contributed by atoms with Gasteiger partial charge in [-0.2, -0.15) is 0 Å². The number of hydrogen-bond acceptors (Lipinski definition) is 5. The SMILES string of the molecule is COCCc1ccc(Cl)c(CN(C[C@@H](CN)Cc2ccc(OCCOc3c(Cl)cc(C)cc3Cl)cc2)C2CC2)c1. The molecule has 1 aliphatic carbocycles. The summed E-state index contributed by atoms with van der Waals surface area (Å²) in [6.07, 6.45) is 4.26. The molecule has 0 bridgehead atoms. The molecule has 1 saturated carbocycles. The number of ether oxygens (including phenoxy) is 3. The fourth-order valence-corrected chi connectivity index (χ4v) is 5.75. The quantitative estimate of drug-likeness (QED) is 0.173. The van der Waals surface area contributed by atoms with Crippen molar-refractivity contribution < 1.29 is 14.2 Å². The van der Waals surface area contributed by atoms with Crippen molar-refractivity contribution in [3.8, 4) is 11.5 Å². The summed E-state index contributed by atoms with van der Waals surface area (Å²) in [5.41, 5.74) is 10.9. The van der Waals surface area contributed by atoms with E-state index in [9.17, 15) is 0 Å². The summed E-state index contributed by atoms with van der Waals surface area (Å²) in [5.74, 6) is 1.63. The van der Waals surface area contributed by atoms with Crippen LogP contribution in [0.5, 0.6) is 11.5 Å². The monoisotopic (exact) mass is 604 g/mol. The Bertz CT molecular complexity index is 1210. The fourth-order valence-electron chi connectivity index (χ4n) is 4.86. The van der Waals surface area contributed by atoms with Gasteiger partial charge < -0.3 is 19.9 Å². The van der Waals surface area contributed by atoms with Gasteiger partial charge in [0.15, 0.2) is 5.75 Å². The van der Waals surface area contributed by atoms with E-state index in [0.29, 0.717) is 54.1 Å². The predicted molar refractivity (Wildman–Crippen MR) is 165 cm³/mol. The van der Waals surface area contributed by atoms with E-state index in [4.69, 9.17) is 54.7 Å². The van der Waals surface area contributed by atoms with Crippen molar-refractivity contribution in [2.24, 2.45) is 11.7 Å². The molecule has 1 atom stereocenters. The molecule has 4 rings (SSSR count). The highest BCUT2D eigenvalue weighted by atomic mass is 35.5.